The monoisotopic (exact) mass is 153 g/mol. The van der Waals surface area contributed by atoms with Crippen molar-refractivity contribution < 1.29 is 0 Å². The average Bonchev–Trinajstić information content (AvgIpc) is 2.36. The zero-order chi connectivity index (χ0) is 6.97. The molecule has 0 aromatic rings. The van der Waals surface area contributed by atoms with Crippen molar-refractivity contribution in [2.24, 2.45) is 0 Å². The van der Waals surface area contributed by atoms with E-state index in [1.165, 1.54) is 4.09 Å². The van der Waals surface area contributed by atoms with Gasteiger partial charge in [0.15, 0.2) is 0 Å². The van der Waals surface area contributed by atoms with Crippen LogP contribution in [-0.4, -0.2) is 14.3 Å². The number of pyridine rings is 1. The fourth-order valence-corrected chi connectivity index (χ4v) is 1.03. The van der Waals surface area contributed by atoms with E-state index in [2.05, 4.69) is 10.2 Å². The summed E-state index contributed by atoms with van der Waals surface area (Å²) in [6.07, 6.45) is 3.37. The number of fused-ring (bicyclic) bond motifs is 1. The van der Waals surface area contributed by atoms with Crippen molar-refractivity contribution in [1.82, 2.24) is 14.3 Å². The smallest absolute Gasteiger partial charge is 0.112 e. The van der Waals surface area contributed by atoms with E-state index < -0.39 is 0 Å². The summed E-state index contributed by atoms with van der Waals surface area (Å²) in [5.74, 6) is 0. The molecule has 0 aromatic carbocycles. The van der Waals surface area contributed by atoms with E-state index in [1.54, 1.807) is 12.4 Å². The average molecular weight is 154 g/mol. The van der Waals surface area contributed by atoms with E-state index in [0.717, 1.165) is 11.4 Å². The van der Waals surface area contributed by atoms with Gasteiger partial charge in [-0.25, -0.2) is 0 Å². The Bertz CT molecular complexity index is 317. The molecule has 0 spiro atoms. The maximum Gasteiger partial charge on any atom is 0.112 e. The molecule has 0 unspecified atom stereocenters. The highest BCUT2D eigenvalue weighted by Gasteiger charge is 2.05. The predicted octanol–water partition coefficient (Wildman–Crippen LogP) is 1.38. The first-order chi connectivity index (χ1) is 4.88. The zero-order valence-corrected chi connectivity index (χ0v) is 5.78. The van der Waals surface area contributed by atoms with Crippen LogP contribution in [0.2, 0.25) is 0 Å². The Morgan fingerprint density at radius 1 is 1.50 bits per heavy atom. The number of nitrogens with zero attached hydrogens (tertiary/aromatic N) is 3. The van der Waals surface area contributed by atoms with Gasteiger partial charge in [0.05, 0.1) is 6.20 Å². The molecule has 3 nitrogen and oxygen atoms in total. The Morgan fingerprint density at radius 3 is 3.20 bits per heavy atom. The molecule has 10 heavy (non-hydrogen) atoms. The van der Waals surface area contributed by atoms with Crippen LogP contribution in [-0.2, 0) is 0 Å². The lowest BCUT2D eigenvalue weighted by Gasteiger charge is -1.98. The first kappa shape index (κ1) is 5.68. The maximum absolute atomic E-state index is 5.74. The highest BCUT2D eigenvalue weighted by atomic mass is 35.5. The molecule has 0 radical (unpaired) electrons. The molecule has 2 aliphatic heterocycles. The summed E-state index contributed by atoms with van der Waals surface area (Å²) >= 11 is 5.74. The minimum absolute atomic E-state index is 0.817. The fraction of sp³-hybridized carbons (Fsp3) is 0. The molecule has 0 fully saturated rings. The molecule has 4 heteroatoms. The summed E-state index contributed by atoms with van der Waals surface area (Å²) in [6, 6.07) is 3.69. The molecule has 0 atom stereocenters. The molecular weight excluding hydrogens is 150 g/mol. The zero-order valence-electron chi connectivity index (χ0n) is 5.03. The highest BCUT2D eigenvalue weighted by Crippen LogP contribution is 2.17. The van der Waals surface area contributed by atoms with Crippen LogP contribution >= 0.6 is 11.8 Å². The van der Waals surface area contributed by atoms with Crippen molar-refractivity contribution in [3.05, 3.63) is 24.5 Å². The molecule has 0 N–H and O–H groups in total. The third-order valence-electron chi connectivity index (χ3n) is 1.31. The van der Waals surface area contributed by atoms with Gasteiger partial charge in [-0.1, -0.05) is 0 Å². The minimum atomic E-state index is 0.817. The van der Waals surface area contributed by atoms with Crippen LogP contribution in [0.3, 0.4) is 0 Å². The number of aromatic nitrogens is 3. The van der Waals surface area contributed by atoms with E-state index >= 15 is 0 Å². The van der Waals surface area contributed by atoms with Crippen LogP contribution in [0.1, 0.15) is 0 Å². The summed E-state index contributed by atoms with van der Waals surface area (Å²) in [5, 5.41) is 7.53. The minimum Gasteiger partial charge on any atom is -0.257 e. The highest BCUT2D eigenvalue weighted by molar-refractivity contribution is 6.16. The Kier molecular flexibility index (Phi) is 1.11. The maximum atomic E-state index is 5.74. The van der Waals surface area contributed by atoms with E-state index in [1.807, 2.05) is 12.1 Å². The lowest BCUT2D eigenvalue weighted by molar-refractivity contribution is 1.10. The van der Waals surface area contributed by atoms with Gasteiger partial charge in [0, 0.05) is 18.0 Å². The number of halogens is 1. The first-order valence-corrected chi connectivity index (χ1v) is 3.16. The molecule has 2 aliphatic rings. The van der Waals surface area contributed by atoms with Crippen LogP contribution in [0.25, 0.3) is 11.4 Å². The third-order valence-corrected chi connectivity index (χ3v) is 1.60. The third kappa shape index (κ3) is 0.675. The van der Waals surface area contributed by atoms with Crippen molar-refractivity contribution in [1.29, 1.82) is 0 Å². The molecule has 50 valence electrons. The van der Waals surface area contributed by atoms with Crippen molar-refractivity contribution in [2.75, 3.05) is 0 Å². The van der Waals surface area contributed by atoms with Gasteiger partial charge >= 0.3 is 0 Å². The van der Waals surface area contributed by atoms with Gasteiger partial charge in [-0.3, -0.25) is 4.09 Å². The van der Waals surface area contributed by atoms with Crippen molar-refractivity contribution >= 4 is 11.8 Å². The molecule has 0 bridgehead atoms. The largest absolute Gasteiger partial charge is 0.257 e. The number of hydrogen-bond acceptors (Lipinski definition) is 2. The quantitative estimate of drug-likeness (QED) is 0.573. The van der Waals surface area contributed by atoms with Crippen LogP contribution in [0.5, 0.6) is 0 Å². The second-order valence-electron chi connectivity index (χ2n) is 1.93. The molecular formula is C6H4ClN3. The van der Waals surface area contributed by atoms with Gasteiger partial charge in [-0.15, -0.1) is 5.10 Å². The molecule has 0 aromatic heterocycles. The summed E-state index contributed by atoms with van der Waals surface area (Å²) < 4.78 is 1.47. The SMILES string of the molecule is Cln1cccc2nncc1-2. The number of rotatable bonds is 0. The van der Waals surface area contributed by atoms with Crippen molar-refractivity contribution in [3.8, 4) is 11.4 Å². The topological polar surface area (TPSA) is 30.7 Å². The lowest BCUT2D eigenvalue weighted by atomic mass is 10.3. The lowest BCUT2D eigenvalue weighted by Crippen LogP contribution is -1.87. The second-order valence-corrected chi connectivity index (χ2v) is 2.30. The summed E-state index contributed by atoms with van der Waals surface area (Å²) in [4.78, 5) is 0. The molecule has 0 aliphatic carbocycles. The van der Waals surface area contributed by atoms with E-state index in [4.69, 9.17) is 11.8 Å². The van der Waals surface area contributed by atoms with Gasteiger partial charge in [-0.05, 0) is 12.1 Å². The first-order valence-electron chi connectivity index (χ1n) is 2.83. The fourth-order valence-electron chi connectivity index (χ4n) is 0.836. The van der Waals surface area contributed by atoms with Crippen molar-refractivity contribution in [2.45, 2.75) is 0 Å². The number of hydrogen-bond donors (Lipinski definition) is 0. The van der Waals surface area contributed by atoms with Crippen molar-refractivity contribution in [3.63, 3.8) is 0 Å². The van der Waals surface area contributed by atoms with Gasteiger partial charge in [0.2, 0.25) is 0 Å². The second kappa shape index (κ2) is 1.95. The molecule has 2 rings (SSSR count). The van der Waals surface area contributed by atoms with E-state index in [9.17, 15) is 0 Å². The summed E-state index contributed by atoms with van der Waals surface area (Å²) in [6.45, 7) is 0. The predicted molar refractivity (Wildman–Crippen MR) is 37.9 cm³/mol. The standard InChI is InChI=1S/C6H4ClN3/c7-10-3-1-2-5-6(10)4-8-9-5/h1-4H. The molecule has 0 saturated heterocycles. The summed E-state index contributed by atoms with van der Waals surface area (Å²) in [7, 11) is 0. The van der Waals surface area contributed by atoms with Gasteiger partial charge in [-0.2, -0.15) is 5.10 Å². The van der Waals surface area contributed by atoms with E-state index in [0.29, 0.717) is 0 Å². The summed E-state index contributed by atoms with van der Waals surface area (Å²) in [5.41, 5.74) is 1.65. The van der Waals surface area contributed by atoms with E-state index in [-0.39, 0.29) is 0 Å². The Hall–Kier alpha value is -1.09. The van der Waals surface area contributed by atoms with Gasteiger partial charge in [0.1, 0.15) is 11.4 Å². The van der Waals surface area contributed by atoms with Gasteiger partial charge in [0.25, 0.3) is 0 Å². The molecule has 2 heterocycles. The van der Waals surface area contributed by atoms with Crippen LogP contribution in [0, 0.1) is 0 Å². The molecule has 0 saturated carbocycles. The Balaban J connectivity index is 2.80. The van der Waals surface area contributed by atoms with Crippen LogP contribution in [0.4, 0.5) is 0 Å². The Morgan fingerprint density at radius 2 is 2.40 bits per heavy atom. The van der Waals surface area contributed by atoms with Gasteiger partial charge < -0.3 is 0 Å². The Labute approximate surface area is 62.7 Å². The molecule has 0 amide bonds. The van der Waals surface area contributed by atoms with Crippen LogP contribution in [0.15, 0.2) is 24.5 Å². The normalized spacial score (nSPS) is 10.5. The van der Waals surface area contributed by atoms with Crippen LogP contribution < -0.4 is 0 Å².